The number of hydrogen-bond acceptors (Lipinski definition) is 4. The first-order chi connectivity index (χ1) is 13.4. The minimum atomic E-state index is -0.236. The number of aromatic nitrogens is 1. The molecule has 2 aliphatic heterocycles. The van der Waals surface area contributed by atoms with Crippen LogP contribution in [0.3, 0.4) is 0 Å². The number of hydrogen-bond donors (Lipinski definition) is 1. The van der Waals surface area contributed by atoms with Crippen LogP contribution in [0.2, 0.25) is 4.34 Å². The fourth-order valence-corrected chi connectivity index (χ4v) is 5.26. The van der Waals surface area contributed by atoms with E-state index in [1.165, 1.54) is 17.5 Å². The number of carbonyl (C=O) groups excluding carboxylic acids is 2. The molecule has 3 heterocycles. The molecule has 1 aromatic heterocycles. The van der Waals surface area contributed by atoms with Crippen LogP contribution in [0.5, 0.6) is 0 Å². The molecule has 0 saturated carbocycles. The highest BCUT2D eigenvalue weighted by atomic mass is 79.9. The number of likely N-dealkylation sites (tertiary alicyclic amines) is 1. The highest BCUT2D eigenvalue weighted by Crippen LogP contribution is 2.47. The molecular weight excluding hydrogens is 464 g/mol. The summed E-state index contributed by atoms with van der Waals surface area (Å²) in [5, 5.41) is 3.31. The number of amides is 3. The first-order valence-corrected chi connectivity index (χ1v) is 11.2. The van der Waals surface area contributed by atoms with Gasteiger partial charge < -0.3 is 4.90 Å². The van der Waals surface area contributed by atoms with Crippen LogP contribution in [0.4, 0.5) is 15.6 Å². The maximum Gasteiger partial charge on any atom is 0.328 e. The van der Waals surface area contributed by atoms with Gasteiger partial charge in [-0.1, -0.05) is 45.8 Å². The van der Waals surface area contributed by atoms with Gasteiger partial charge in [-0.15, -0.1) is 0 Å². The van der Waals surface area contributed by atoms with Gasteiger partial charge in [-0.05, 0) is 36.6 Å². The van der Waals surface area contributed by atoms with Crippen LogP contribution in [0.1, 0.15) is 31.7 Å². The van der Waals surface area contributed by atoms with Crippen molar-refractivity contribution in [2.45, 2.75) is 31.6 Å². The van der Waals surface area contributed by atoms with Crippen LogP contribution in [0.25, 0.3) is 0 Å². The number of halogens is 2. The molecule has 1 fully saturated rings. The lowest BCUT2D eigenvalue weighted by Crippen LogP contribution is -2.41. The van der Waals surface area contributed by atoms with Gasteiger partial charge in [-0.2, -0.15) is 0 Å². The van der Waals surface area contributed by atoms with Gasteiger partial charge in [0.2, 0.25) is 5.91 Å². The van der Waals surface area contributed by atoms with Gasteiger partial charge in [-0.3, -0.25) is 15.0 Å². The van der Waals surface area contributed by atoms with E-state index in [-0.39, 0.29) is 17.4 Å². The summed E-state index contributed by atoms with van der Waals surface area (Å²) in [6, 6.07) is 5.74. The Hall–Kier alpha value is -1.64. The zero-order chi connectivity index (χ0) is 19.9. The maximum absolute atomic E-state index is 13.0. The number of nitrogens with zero attached hydrogens (tertiary/aromatic N) is 3. The van der Waals surface area contributed by atoms with E-state index in [0.717, 1.165) is 35.1 Å². The van der Waals surface area contributed by atoms with Crippen molar-refractivity contribution in [2.75, 3.05) is 29.9 Å². The molecule has 2 aliphatic rings. The summed E-state index contributed by atoms with van der Waals surface area (Å²) < 4.78 is 1.50. The summed E-state index contributed by atoms with van der Waals surface area (Å²) in [6.07, 6.45) is 3.77. The second-order valence-corrected chi connectivity index (χ2v) is 9.82. The molecular formula is C19H20BrClN4O2S. The Morgan fingerprint density at radius 1 is 1.39 bits per heavy atom. The molecule has 0 aliphatic carbocycles. The van der Waals surface area contributed by atoms with Crippen molar-refractivity contribution in [3.63, 3.8) is 0 Å². The lowest BCUT2D eigenvalue weighted by atomic mass is 9.81. The van der Waals surface area contributed by atoms with Crippen molar-refractivity contribution in [3.8, 4) is 0 Å². The predicted molar refractivity (Wildman–Crippen MR) is 115 cm³/mol. The molecule has 1 N–H and O–H groups in total. The molecule has 2 aromatic rings. The van der Waals surface area contributed by atoms with Crippen LogP contribution in [0, 0.1) is 0 Å². The molecule has 4 rings (SSSR count). The number of rotatable bonds is 3. The second kappa shape index (κ2) is 7.65. The van der Waals surface area contributed by atoms with Gasteiger partial charge >= 0.3 is 6.03 Å². The molecule has 1 saturated heterocycles. The SMILES string of the molecule is CCCC(=O)N1CCC2(C1)CN(C(=O)Nc1ncc(Cl)s1)c1ccc(Br)cc12. The van der Waals surface area contributed by atoms with E-state index in [1.807, 2.05) is 24.0 Å². The number of urea groups is 1. The van der Waals surface area contributed by atoms with E-state index in [2.05, 4.69) is 32.3 Å². The summed E-state index contributed by atoms with van der Waals surface area (Å²) in [5.41, 5.74) is 1.76. The normalized spacial score (nSPS) is 20.7. The highest BCUT2D eigenvalue weighted by Gasteiger charge is 2.49. The lowest BCUT2D eigenvalue weighted by Gasteiger charge is -2.25. The third-order valence-corrected chi connectivity index (χ3v) is 6.91. The van der Waals surface area contributed by atoms with E-state index >= 15 is 0 Å². The Labute approximate surface area is 181 Å². The zero-order valence-corrected chi connectivity index (χ0v) is 18.5. The number of nitrogens with one attached hydrogen (secondary N) is 1. The fraction of sp³-hybridized carbons (Fsp3) is 0.421. The molecule has 1 aromatic carbocycles. The third-order valence-electron chi connectivity index (χ3n) is 5.39. The highest BCUT2D eigenvalue weighted by molar-refractivity contribution is 9.10. The molecule has 0 bridgehead atoms. The van der Waals surface area contributed by atoms with Gasteiger partial charge in [0.25, 0.3) is 0 Å². The van der Waals surface area contributed by atoms with Crippen LogP contribution in [-0.2, 0) is 10.2 Å². The van der Waals surface area contributed by atoms with Crippen LogP contribution in [0.15, 0.2) is 28.9 Å². The average molecular weight is 484 g/mol. The molecule has 3 amide bonds. The number of fused-ring (bicyclic) bond motifs is 2. The fourth-order valence-electron chi connectivity index (χ4n) is 4.10. The number of carbonyl (C=O) groups is 2. The van der Waals surface area contributed by atoms with Crippen molar-refractivity contribution in [3.05, 3.63) is 38.8 Å². The Kier molecular flexibility index (Phi) is 5.37. The minimum absolute atomic E-state index is 0.191. The zero-order valence-electron chi connectivity index (χ0n) is 15.4. The molecule has 1 atom stereocenters. The molecule has 1 unspecified atom stereocenters. The molecule has 1 spiro atoms. The van der Waals surface area contributed by atoms with Gasteiger partial charge in [0.05, 0.1) is 6.20 Å². The summed E-state index contributed by atoms with van der Waals surface area (Å²) in [5.74, 6) is 0.191. The largest absolute Gasteiger partial charge is 0.342 e. The minimum Gasteiger partial charge on any atom is -0.342 e. The third kappa shape index (κ3) is 3.53. The van der Waals surface area contributed by atoms with Crippen LogP contribution in [-0.4, -0.2) is 41.5 Å². The Morgan fingerprint density at radius 2 is 2.21 bits per heavy atom. The van der Waals surface area contributed by atoms with Crippen LogP contribution >= 0.6 is 38.9 Å². The van der Waals surface area contributed by atoms with Crippen LogP contribution < -0.4 is 10.2 Å². The van der Waals surface area contributed by atoms with Crippen molar-refractivity contribution in [2.24, 2.45) is 0 Å². The summed E-state index contributed by atoms with van der Waals surface area (Å²) >= 11 is 10.7. The van der Waals surface area contributed by atoms with Crippen molar-refractivity contribution in [1.29, 1.82) is 0 Å². The van der Waals surface area contributed by atoms with E-state index < -0.39 is 0 Å². The van der Waals surface area contributed by atoms with Crippen molar-refractivity contribution in [1.82, 2.24) is 9.88 Å². The topological polar surface area (TPSA) is 65.5 Å². The van der Waals surface area contributed by atoms with Crippen molar-refractivity contribution < 1.29 is 9.59 Å². The van der Waals surface area contributed by atoms with Crippen molar-refractivity contribution >= 4 is 61.6 Å². The summed E-state index contributed by atoms with van der Waals surface area (Å²) in [7, 11) is 0. The first-order valence-electron chi connectivity index (χ1n) is 9.19. The molecule has 148 valence electrons. The second-order valence-electron chi connectivity index (χ2n) is 7.24. The van der Waals surface area contributed by atoms with Gasteiger partial charge in [0.15, 0.2) is 5.13 Å². The lowest BCUT2D eigenvalue weighted by molar-refractivity contribution is -0.130. The number of thiazole rings is 1. The first kappa shape index (κ1) is 19.7. The smallest absolute Gasteiger partial charge is 0.328 e. The molecule has 0 radical (unpaired) electrons. The van der Waals surface area contributed by atoms with E-state index in [9.17, 15) is 9.59 Å². The Bertz CT molecular complexity index is 936. The average Bonchev–Trinajstić information content (AvgIpc) is 3.35. The Morgan fingerprint density at radius 3 is 2.93 bits per heavy atom. The van der Waals surface area contributed by atoms with Gasteiger partial charge in [0, 0.05) is 41.6 Å². The van der Waals surface area contributed by atoms with Gasteiger partial charge in [-0.25, -0.2) is 9.78 Å². The van der Waals surface area contributed by atoms with Gasteiger partial charge in [0.1, 0.15) is 4.34 Å². The number of anilines is 2. The Balaban J connectivity index is 1.62. The monoisotopic (exact) mass is 482 g/mol. The quantitative estimate of drug-likeness (QED) is 0.676. The standard InChI is InChI=1S/C19H20BrClN4O2S/c1-2-3-16(26)24-7-6-19(10-24)11-25(14-5-4-12(20)8-13(14)19)18(27)23-17-22-9-15(21)28-17/h4-5,8-9H,2-3,6-7,10-11H2,1H3,(H,22,23,27). The van der Waals surface area contributed by atoms with E-state index in [1.54, 1.807) is 4.90 Å². The predicted octanol–water partition coefficient (Wildman–Crippen LogP) is 4.88. The maximum atomic E-state index is 13.0. The molecule has 9 heteroatoms. The molecule has 6 nitrogen and oxygen atoms in total. The summed E-state index contributed by atoms with van der Waals surface area (Å²) in [6.45, 7) is 3.92. The van der Waals surface area contributed by atoms with E-state index in [0.29, 0.717) is 29.0 Å². The number of benzene rings is 1. The summed E-state index contributed by atoms with van der Waals surface area (Å²) in [4.78, 5) is 33.2. The van der Waals surface area contributed by atoms with E-state index in [4.69, 9.17) is 11.6 Å². The molecule has 28 heavy (non-hydrogen) atoms.